The minimum absolute atomic E-state index is 0.0598. The Labute approximate surface area is 320 Å². The maximum Gasteiger partial charge on any atom is 0.339 e. The molecule has 0 saturated carbocycles. The summed E-state index contributed by atoms with van der Waals surface area (Å²) in [6.07, 6.45) is 22.4. The van der Waals surface area contributed by atoms with Gasteiger partial charge in [0.2, 0.25) is 0 Å². The van der Waals surface area contributed by atoms with Crippen molar-refractivity contribution in [3.63, 3.8) is 0 Å². The molecule has 0 fully saturated rings. The molecule has 0 saturated heterocycles. The van der Waals surface area contributed by atoms with Crippen molar-refractivity contribution in [3.8, 4) is 0 Å². The molecule has 0 aromatic carbocycles. The number of hydrogen-bond donors (Lipinski definition) is 3. The molecule has 2 rings (SSSR count). The molecule has 0 bridgehead atoms. The molecule has 0 amide bonds. The molecule has 2 aliphatic carbocycles. The lowest BCUT2D eigenvalue weighted by Crippen LogP contribution is -2.45. The van der Waals surface area contributed by atoms with Crippen LogP contribution < -0.4 is 0 Å². The number of Topliss-reactive ketones (excluding diaryl/α,β-unsaturated/α-hetero) is 2. The summed E-state index contributed by atoms with van der Waals surface area (Å²) in [5.74, 6) is -3.53. The Kier molecular flexibility index (Phi) is 16.9. The van der Waals surface area contributed by atoms with Gasteiger partial charge in [-0.05, 0) is 81.1 Å². The zero-order valence-corrected chi connectivity index (χ0v) is 33.6. The zero-order chi connectivity index (χ0) is 41.0. The van der Waals surface area contributed by atoms with E-state index in [0.29, 0.717) is 12.0 Å². The number of carboxylic acids is 1. The first kappa shape index (κ1) is 45.5. The van der Waals surface area contributed by atoms with Crippen molar-refractivity contribution < 1.29 is 44.0 Å². The summed E-state index contributed by atoms with van der Waals surface area (Å²) < 4.78 is 10.5. The fourth-order valence-electron chi connectivity index (χ4n) is 6.33. The second kappa shape index (κ2) is 20.1. The van der Waals surface area contributed by atoms with E-state index >= 15 is 0 Å². The molecule has 0 spiro atoms. The number of aliphatic hydroxyl groups is 2. The van der Waals surface area contributed by atoms with Gasteiger partial charge in [-0.1, -0.05) is 135 Å². The van der Waals surface area contributed by atoms with Crippen LogP contribution >= 0.6 is 0 Å². The molecular formula is C45H58O9. The van der Waals surface area contributed by atoms with Crippen LogP contribution in [0.15, 0.2) is 130 Å². The van der Waals surface area contributed by atoms with Crippen molar-refractivity contribution in [1.29, 1.82) is 0 Å². The van der Waals surface area contributed by atoms with E-state index in [9.17, 15) is 29.4 Å². The summed E-state index contributed by atoms with van der Waals surface area (Å²) in [6, 6.07) is 0. The molecule has 0 aromatic rings. The normalized spacial score (nSPS) is 23.2. The van der Waals surface area contributed by atoms with Gasteiger partial charge in [-0.3, -0.25) is 9.59 Å². The van der Waals surface area contributed by atoms with E-state index in [1.165, 1.54) is 0 Å². The van der Waals surface area contributed by atoms with Crippen LogP contribution in [-0.2, 0) is 28.7 Å². The third-order valence-corrected chi connectivity index (χ3v) is 9.61. The van der Waals surface area contributed by atoms with Gasteiger partial charge in [0.25, 0.3) is 0 Å². The van der Waals surface area contributed by atoms with Crippen LogP contribution in [0.4, 0.5) is 0 Å². The lowest BCUT2D eigenvalue weighted by molar-refractivity contribution is -0.175. The van der Waals surface area contributed by atoms with Crippen molar-refractivity contribution in [2.24, 2.45) is 10.8 Å². The minimum Gasteiger partial charge on any atom is -0.479 e. The summed E-state index contributed by atoms with van der Waals surface area (Å²) >= 11 is 0. The van der Waals surface area contributed by atoms with Gasteiger partial charge in [0, 0.05) is 13.5 Å². The highest BCUT2D eigenvalue weighted by Crippen LogP contribution is 2.42. The number of carbonyl (C=O) groups is 4. The molecule has 3 N–H and O–H groups in total. The monoisotopic (exact) mass is 742 g/mol. The molecule has 4 unspecified atom stereocenters. The Morgan fingerprint density at radius 3 is 1.43 bits per heavy atom. The quantitative estimate of drug-likeness (QED) is 0.112. The Bertz CT molecular complexity index is 1790. The Hall–Kier alpha value is -4.70. The van der Waals surface area contributed by atoms with Crippen LogP contribution in [-0.4, -0.2) is 70.4 Å². The van der Waals surface area contributed by atoms with Gasteiger partial charge in [-0.25, -0.2) is 9.59 Å². The molecule has 54 heavy (non-hydrogen) atoms. The number of rotatable bonds is 15. The largest absolute Gasteiger partial charge is 0.479 e. The lowest BCUT2D eigenvalue weighted by atomic mass is 9.71. The molecule has 0 radical (unpaired) electrons. The number of aliphatic carboxylic acids is 1. The predicted molar refractivity (Wildman–Crippen MR) is 213 cm³/mol. The number of ketones is 2. The summed E-state index contributed by atoms with van der Waals surface area (Å²) in [7, 11) is 1.59. The molecule has 2 aliphatic rings. The molecule has 9 heteroatoms. The minimum atomic E-state index is -2.35. The second-order valence-corrected chi connectivity index (χ2v) is 15.3. The van der Waals surface area contributed by atoms with Crippen LogP contribution in [0.5, 0.6) is 0 Å². The zero-order valence-electron chi connectivity index (χ0n) is 33.6. The number of hydrogen-bond acceptors (Lipinski definition) is 8. The first-order chi connectivity index (χ1) is 25.1. The third kappa shape index (κ3) is 13.0. The van der Waals surface area contributed by atoms with Gasteiger partial charge in [-0.2, -0.15) is 0 Å². The van der Waals surface area contributed by atoms with Crippen molar-refractivity contribution in [2.75, 3.05) is 7.11 Å². The van der Waals surface area contributed by atoms with E-state index < -0.39 is 41.4 Å². The second-order valence-electron chi connectivity index (χ2n) is 15.3. The number of carboxylic acid groups (broad SMARTS) is 1. The number of aliphatic hydroxyl groups excluding tert-OH is 2. The van der Waals surface area contributed by atoms with Crippen molar-refractivity contribution in [3.05, 3.63) is 130 Å². The molecule has 0 aliphatic heterocycles. The van der Waals surface area contributed by atoms with E-state index in [4.69, 9.17) is 14.6 Å². The van der Waals surface area contributed by atoms with Crippen molar-refractivity contribution in [1.82, 2.24) is 0 Å². The van der Waals surface area contributed by atoms with E-state index in [0.717, 1.165) is 39.0 Å². The highest BCUT2D eigenvalue weighted by Gasteiger charge is 2.42. The van der Waals surface area contributed by atoms with E-state index in [1.54, 1.807) is 14.0 Å². The predicted octanol–water partition coefficient (Wildman–Crippen LogP) is 7.92. The first-order valence-electron chi connectivity index (χ1n) is 18.0. The SMILES string of the molecule is COC1CC(C)(C)C(/C=C/C(C)=C/C=C/C(C)=C/C=C/C=C(C)/C=C/C=C(C)/C=C/C2=C(C)C(=O)C(OC(=O)C(O)C(O)C(=O)O)CC2(C)C)=C(C)C1=O. The van der Waals surface area contributed by atoms with E-state index in [-0.39, 0.29) is 23.7 Å². The van der Waals surface area contributed by atoms with Crippen LogP contribution in [0.2, 0.25) is 0 Å². The van der Waals surface area contributed by atoms with Crippen LogP contribution in [0.25, 0.3) is 0 Å². The number of esters is 1. The van der Waals surface area contributed by atoms with Gasteiger partial charge in [0.05, 0.1) is 0 Å². The Morgan fingerprint density at radius 2 is 1.02 bits per heavy atom. The standard InChI is InChI=1S/C45H58O9/c1-28(18-14-20-30(3)22-24-34-32(5)38(46)36(53-11)26-44(34,7)8)16-12-13-17-29(2)19-15-21-31(4)23-25-35-33(6)39(47)37(27-45(35,9)10)54-43(52)41(49)40(48)42(50)51/h12-25,36-37,40-41,48-49H,26-27H2,1-11H3,(H,50,51)/b13-12+,18-14+,19-15+,24-22+,25-23+,28-16+,29-17+,30-20+,31-21+. The van der Waals surface area contributed by atoms with Crippen LogP contribution in [0.1, 0.15) is 82.1 Å². The molecular weight excluding hydrogens is 684 g/mol. The highest BCUT2D eigenvalue weighted by atomic mass is 16.6. The van der Waals surface area contributed by atoms with Crippen LogP contribution in [0.3, 0.4) is 0 Å². The van der Waals surface area contributed by atoms with Gasteiger partial charge in [0.1, 0.15) is 6.10 Å². The summed E-state index contributed by atoms with van der Waals surface area (Å²) in [4.78, 5) is 48.7. The number of methoxy groups -OCH3 is 1. The van der Waals surface area contributed by atoms with Crippen LogP contribution in [0, 0.1) is 10.8 Å². The molecule has 9 nitrogen and oxygen atoms in total. The summed E-state index contributed by atoms with van der Waals surface area (Å²) in [5.41, 5.74) is 6.43. The number of carbonyl (C=O) groups excluding carboxylic acids is 3. The highest BCUT2D eigenvalue weighted by molar-refractivity contribution is 6.02. The van der Waals surface area contributed by atoms with Gasteiger partial charge < -0.3 is 24.8 Å². The Morgan fingerprint density at radius 1 is 0.648 bits per heavy atom. The molecule has 292 valence electrons. The maximum atomic E-state index is 13.0. The smallest absolute Gasteiger partial charge is 0.339 e. The summed E-state index contributed by atoms with van der Waals surface area (Å²) in [6.45, 7) is 19.6. The fraction of sp³-hybridized carbons (Fsp3) is 0.422. The van der Waals surface area contributed by atoms with Gasteiger partial charge >= 0.3 is 11.9 Å². The maximum absolute atomic E-state index is 13.0. The van der Waals surface area contributed by atoms with Crippen molar-refractivity contribution >= 4 is 23.5 Å². The lowest BCUT2D eigenvalue weighted by Gasteiger charge is -2.36. The summed E-state index contributed by atoms with van der Waals surface area (Å²) in [5, 5.41) is 28.1. The molecule has 4 atom stereocenters. The third-order valence-electron chi connectivity index (χ3n) is 9.61. The average Bonchev–Trinajstić information content (AvgIpc) is 3.09. The molecule has 0 aromatic heterocycles. The van der Waals surface area contributed by atoms with E-state index in [1.807, 2.05) is 127 Å². The first-order valence-corrected chi connectivity index (χ1v) is 18.0. The van der Waals surface area contributed by atoms with E-state index in [2.05, 4.69) is 19.9 Å². The number of allylic oxidation sites excluding steroid dienone is 20. The average molecular weight is 743 g/mol. The fourth-order valence-corrected chi connectivity index (χ4v) is 6.33. The van der Waals surface area contributed by atoms with Gasteiger partial charge in [-0.15, -0.1) is 0 Å². The number of ether oxygens (including phenoxy) is 2. The molecule has 0 heterocycles. The van der Waals surface area contributed by atoms with Gasteiger partial charge in [0.15, 0.2) is 29.9 Å². The Balaban J connectivity index is 1.99. The topological polar surface area (TPSA) is 147 Å². The van der Waals surface area contributed by atoms with Crippen molar-refractivity contribution in [2.45, 2.75) is 106 Å².